The molecule has 3 nitrogen and oxygen atoms in total. The van der Waals surface area contributed by atoms with Gasteiger partial charge in [0.05, 0.1) is 15.5 Å². The summed E-state index contributed by atoms with van der Waals surface area (Å²) in [5.74, 6) is 0.643. The van der Waals surface area contributed by atoms with Crippen molar-refractivity contribution in [3.8, 4) is 5.69 Å². The molecule has 19 heavy (non-hydrogen) atoms. The minimum absolute atomic E-state index is 0.643. The summed E-state index contributed by atoms with van der Waals surface area (Å²) in [5, 5.41) is 8.45. The smallest absolute Gasteiger partial charge is 0.0661 e. The topological polar surface area (TPSA) is 29.9 Å². The zero-order valence-corrected chi connectivity index (χ0v) is 13.9. The van der Waals surface area contributed by atoms with Gasteiger partial charge in [-0.3, -0.25) is 0 Å². The molecule has 0 amide bonds. The fraction of sp³-hybridized carbons (Fsp3) is 0.357. The molecule has 0 unspecified atom stereocenters. The van der Waals surface area contributed by atoms with Gasteiger partial charge in [0.1, 0.15) is 0 Å². The predicted molar refractivity (Wildman–Crippen MR) is 87.8 cm³/mol. The van der Waals surface area contributed by atoms with Crippen LogP contribution in [-0.4, -0.2) is 16.3 Å². The van der Waals surface area contributed by atoms with E-state index in [0.717, 1.165) is 32.9 Å². The summed E-state index contributed by atoms with van der Waals surface area (Å²) in [5.41, 5.74) is 2.11. The Bertz CT molecular complexity index is 551. The quantitative estimate of drug-likeness (QED) is 0.787. The molecule has 2 rings (SSSR count). The average molecular weight is 390 g/mol. The van der Waals surface area contributed by atoms with Gasteiger partial charge >= 0.3 is 0 Å². The molecular weight excluding hydrogens is 373 g/mol. The number of nitrogens with zero attached hydrogens (tertiary/aromatic N) is 2. The molecule has 0 spiro atoms. The zero-order chi connectivity index (χ0) is 13.8. The fourth-order valence-electron chi connectivity index (χ4n) is 1.76. The zero-order valence-electron chi connectivity index (χ0n) is 11.0. The molecule has 5 heteroatoms. The highest BCUT2D eigenvalue weighted by Crippen LogP contribution is 2.20. The Morgan fingerprint density at radius 1 is 1.42 bits per heavy atom. The minimum atomic E-state index is 0.643. The Kier molecular flexibility index (Phi) is 5.24. The van der Waals surface area contributed by atoms with Crippen molar-refractivity contribution < 1.29 is 0 Å². The van der Waals surface area contributed by atoms with Crippen molar-refractivity contribution in [2.75, 3.05) is 6.54 Å². The van der Waals surface area contributed by atoms with Crippen LogP contribution in [0.25, 0.3) is 5.69 Å². The lowest BCUT2D eigenvalue weighted by Crippen LogP contribution is -2.19. The van der Waals surface area contributed by atoms with Crippen molar-refractivity contribution in [3.63, 3.8) is 0 Å². The highest BCUT2D eigenvalue weighted by molar-refractivity contribution is 14.1. The van der Waals surface area contributed by atoms with E-state index in [9.17, 15) is 0 Å². The van der Waals surface area contributed by atoms with E-state index in [-0.39, 0.29) is 0 Å². The molecule has 0 aliphatic heterocycles. The second kappa shape index (κ2) is 6.72. The molecule has 1 aromatic heterocycles. The average Bonchev–Trinajstić information content (AvgIpc) is 2.77. The van der Waals surface area contributed by atoms with Gasteiger partial charge in [0, 0.05) is 17.8 Å². The second-order valence-corrected chi connectivity index (χ2v) is 6.56. The van der Waals surface area contributed by atoms with Crippen molar-refractivity contribution in [1.29, 1.82) is 0 Å². The Labute approximate surface area is 132 Å². The monoisotopic (exact) mass is 389 g/mol. The van der Waals surface area contributed by atoms with Gasteiger partial charge in [0.2, 0.25) is 0 Å². The van der Waals surface area contributed by atoms with E-state index in [1.165, 1.54) is 0 Å². The van der Waals surface area contributed by atoms with Crippen LogP contribution in [0.15, 0.2) is 30.6 Å². The number of benzene rings is 1. The third-order valence-corrected chi connectivity index (χ3v) is 3.63. The van der Waals surface area contributed by atoms with Gasteiger partial charge in [-0.05, 0) is 52.7 Å². The van der Waals surface area contributed by atoms with E-state index < -0.39 is 0 Å². The first kappa shape index (κ1) is 14.8. The van der Waals surface area contributed by atoms with Crippen LogP contribution in [0, 0.1) is 9.49 Å². The van der Waals surface area contributed by atoms with Crippen molar-refractivity contribution >= 4 is 34.2 Å². The first-order chi connectivity index (χ1) is 9.06. The summed E-state index contributed by atoms with van der Waals surface area (Å²) >= 11 is 8.56. The van der Waals surface area contributed by atoms with Gasteiger partial charge in [-0.1, -0.05) is 31.5 Å². The summed E-state index contributed by atoms with van der Waals surface area (Å²) in [6.45, 7) is 6.18. The van der Waals surface area contributed by atoms with Crippen LogP contribution in [0.1, 0.15) is 19.4 Å². The molecule has 1 heterocycles. The van der Waals surface area contributed by atoms with Gasteiger partial charge < -0.3 is 5.32 Å². The van der Waals surface area contributed by atoms with Gasteiger partial charge in [-0.2, -0.15) is 5.10 Å². The highest BCUT2D eigenvalue weighted by atomic mass is 127. The maximum atomic E-state index is 6.32. The highest BCUT2D eigenvalue weighted by Gasteiger charge is 2.05. The van der Waals surface area contributed by atoms with Crippen LogP contribution in [0.3, 0.4) is 0 Å². The number of nitrogens with one attached hydrogen (secondary N) is 1. The maximum Gasteiger partial charge on any atom is 0.0661 e. The van der Waals surface area contributed by atoms with Crippen LogP contribution in [0.2, 0.25) is 5.02 Å². The van der Waals surface area contributed by atoms with Gasteiger partial charge in [0.25, 0.3) is 0 Å². The first-order valence-corrected chi connectivity index (χ1v) is 7.71. The lowest BCUT2D eigenvalue weighted by atomic mass is 10.2. The SMILES string of the molecule is CC(C)CNCc1ccc(-n2cc(I)cn2)cc1Cl. The Hall–Kier alpha value is -0.590. The van der Waals surface area contributed by atoms with Crippen LogP contribution in [-0.2, 0) is 6.54 Å². The lowest BCUT2D eigenvalue weighted by molar-refractivity contribution is 0.552. The van der Waals surface area contributed by atoms with Crippen molar-refractivity contribution in [2.24, 2.45) is 5.92 Å². The Morgan fingerprint density at radius 2 is 2.21 bits per heavy atom. The molecule has 2 aromatic rings. The summed E-state index contributed by atoms with van der Waals surface area (Å²) in [4.78, 5) is 0. The van der Waals surface area contributed by atoms with Gasteiger partial charge in [-0.25, -0.2) is 4.68 Å². The van der Waals surface area contributed by atoms with Crippen LogP contribution in [0.4, 0.5) is 0 Å². The summed E-state index contributed by atoms with van der Waals surface area (Å²) in [6.07, 6.45) is 3.80. The second-order valence-electron chi connectivity index (χ2n) is 4.90. The van der Waals surface area contributed by atoms with Crippen molar-refractivity contribution in [3.05, 3.63) is 44.7 Å². The summed E-state index contributed by atoms with van der Waals surface area (Å²) < 4.78 is 2.94. The molecule has 0 saturated carbocycles. The number of rotatable bonds is 5. The van der Waals surface area contributed by atoms with E-state index in [2.05, 4.69) is 52.9 Å². The molecule has 0 atom stereocenters. The Balaban J connectivity index is 2.09. The first-order valence-electron chi connectivity index (χ1n) is 6.26. The molecular formula is C14H17ClIN3. The van der Waals surface area contributed by atoms with E-state index in [1.54, 1.807) is 0 Å². The van der Waals surface area contributed by atoms with Crippen LogP contribution in [0.5, 0.6) is 0 Å². The van der Waals surface area contributed by atoms with Crippen molar-refractivity contribution in [2.45, 2.75) is 20.4 Å². The lowest BCUT2D eigenvalue weighted by Gasteiger charge is -2.10. The molecule has 0 aliphatic carbocycles. The van der Waals surface area contributed by atoms with Crippen LogP contribution < -0.4 is 5.32 Å². The number of halogens is 2. The molecule has 1 N–H and O–H groups in total. The van der Waals surface area contributed by atoms with Gasteiger partial charge in [-0.15, -0.1) is 0 Å². The van der Waals surface area contributed by atoms with Crippen LogP contribution >= 0.6 is 34.2 Å². The number of aromatic nitrogens is 2. The van der Waals surface area contributed by atoms with E-state index in [1.807, 2.05) is 29.2 Å². The maximum absolute atomic E-state index is 6.32. The largest absolute Gasteiger partial charge is 0.312 e. The summed E-state index contributed by atoms with van der Waals surface area (Å²) in [7, 11) is 0. The number of hydrogen-bond donors (Lipinski definition) is 1. The molecule has 0 radical (unpaired) electrons. The predicted octanol–water partition coefficient (Wildman–Crippen LogP) is 3.88. The minimum Gasteiger partial charge on any atom is -0.312 e. The summed E-state index contributed by atoms with van der Waals surface area (Å²) in [6, 6.07) is 6.05. The number of hydrogen-bond acceptors (Lipinski definition) is 2. The van der Waals surface area contributed by atoms with Crippen molar-refractivity contribution in [1.82, 2.24) is 15.1 Å². The third-order valence-electron chi connectivity index (χ3n) is 2.72. The molecule has 0 fully saturated rings. The molecule has 0 bridgehead atoms. The van der Waals surface area contributed by atoms with E-state index in [4.69, 9.17) is 11.6 Å². The third kappa shape index (κ3) is 4.19. The van der Waals surface area contributed by atoms with E-state index in [0.29, 0.717) is 5.92 Å². The molecule has 1 aromatic carbocycles. The molecule has 102 valence electrons. The molecule has 0 saturated heterocycles. The normalized spacial score (nSPS) is 11.2. The Morgan fingerprint density at radius 3 is 2.79 bits per heavy atom. The standard InChI is InChI=1S/C14H17ClIN3/c1-10(2)6-17-7-11-3-4-13(5-14(11)15)19-9-12(16)8-18-19/h3-5,8-10,17H,6-7H2,1-2H3. The van der Waals surface area contributed by atoms with E-state index >= 15 is 0 Å². The fourth-order valence-corrected chi connectivity index (χ4v) is 2.39. The van der Waals surface area contributed by atoms with Gasteiger partial charge in [0.15, 0.2) is 0 Å². The molecule has 0 aliphatic rings.